The van der Waals surface area contributed by atoms with Crippen LogP contribution >= 0.6 is 0 Å². The third kappa shape index (κ3) is 15.8. The predicted molar refractivity (Wildman–Crippen MR) is 153 cm³/mol. The van der Waals surface area contributed by atoms with Gasteiger partial charge in [0.1, 0.15) is 12.7 Å². The van der Waals surface area contributed by atoms with Crippen LogP contribution in [0, 0.1) is 5.92 Å². The first kappa shape index (κ1) is 31.9. The van der Waals surface area contributed by atoms with E-state index in [-0.39, 0.29) is 12.5 Å². The van der Waals surface area contributed by atoms with E-state index < -0.39 is 18.3 Å². The highest BCUT2D eigenvalue weighted by Crippen LogP contribution is 2.29. The van der Waals surface area contributed by atoms with Crippen LogP contribution in [0.25, 0.3) is 0 Å². The molecule has 1 aliphatic carbocycles. The monoisotopic (exact) mass is 531 g/mol. The van der Waals surface area contributed by atoms with Gasteiger partial charge in [0.15, 0.2) is 0 Å². The lowest BCUT2D eigenvalue weighted by Gasteiger charge is -2.23. The van der Waals surface area contributed by atoms with Crippen molar-refractivity contribution in [2.45, 2.75) is 135 Å². The third-order valence-corrected chi connectivity index (χ3v) is 7.50. The van der Waals surface area contributed by atoms with Crippen LogP contribution in [0.3, 0.4) is 0 Å². The summed E-state index contributed by atoms with van der Waals surface area (Å²) in [6, 6.07) is 5.56. The van der Waals surface area contributed by atoms with E-state index in [9.17, 15) is 9.59 Å². The van der Waals surface area contributed by atoms with Crippen molar-refractivity contribution in [1.29, 1.82) is 0 Å². The van der Waals surface area contributed by atoms with Gasteiger partial charge in [0, 0.05) is 12.7 Å². The fraction of sp³-hybridized carbons (Fsp3) is 0.774. The molecule has 1 aromatic heterocycles. The molecule has 1 fully saturated rings. The Bertz CT molecular complexity index is 725. The number of aromatic nitrogens is 1. The molecule has 7 nitrogen and oxygen atoms in total. The highest BCUT2D eigenvalue weighted by molar-refractivity contribution is 5.68. The number of ether oxygens (including phenoxy) is 2. The highest BCUT2D eigenvalue weighted by atomic mass is 16.6. The number of carbonyl (C=O) groups is 2. The number of rotatable bonds is 21. The second-order valence-electron chi connectivity index (χ2n) is 10.8. The maximum atomic E-state index is 12.3. The fourth-order valence-electron chi connectivity index (χ4n) is 5.16. The topological polar surface area (TPSA) is 89.5 Å². The molecule has 2 rings (SSSR count). The third-order valence-electron chi connectivity index (χ3n) is 7.50. The molecule has 0 saturated heterocycles. The van der Waals surface area contributed by atoms with E-state index in [0.29, 0.717) is 13.1 Å². The summed E-state index contributed by atoms with van der Waals surface area (Å²) in [6.07, 6.45) is 22.9. The van der Waals surface area contributed by atoms with Crippen LogP contribution < -0.4 is 10.6 Å². The van der Waals surface area contributed by atoms with Gasteiger partial charge in [-0.2, -0.15) is 0 Å². The van der Waals surface area contributed by atoms with Gasteiger partial charge < -0.3 is 20.1 Å². The summed E-state index contributed by atoms with van der Waals surface area (Å²) in [7, 11) is 0. The van der Waals surface area contributed by atoms with Crippen molar-refractivity contribution in [2.75, 3.05) is 13.2 Å². The largest absolute Gasteiger partial charge is 0.446 e. The number of alkyl carbamates (subject to hydrolysis) is 2. The Labute approximate surface area is 231 Å². The molecule has 1 heterocycles. The van der Waals surface area contributed by atoms with E-state index in [1.54, 1.807) is 6.20 Å². The molecule has 38 heavy (non-hydrogen) atoms. The number of hydrogen-bond donors (Lipinski definition) is 2. The minimum Gasteiger partial charge on any atom is -0.446 e. The Morgan fingerprint density at radius 1 is 0.842 bits per heavy atom. The van der Waals surface area contributed by atoms with Gasteiger partial charge in [-0.15, -0.1) is 0 Å². The van der Waals surface area contributed by atoms with Crippen LogP contribution in [0.5, 0.6) is 0 Å². The van der Waals surface area contributed by atoms with Gasteiger partial charge in [-0.25, -0.2) is 9.59 Å². The molecule has 216 valence electrons. The Kier molecular flexibility index (Phi) is 18.1. The molecule has 1 atom stereocenters. The van der Waals surface area contributed by atoms with Crippen LogP contribution in [0.4, 0.5) is 9.59 Å². The minimum absolute atomic E-state index is 0.0895. The van der Waals surface area contributed by atoms with Gasteiger partial charge in [0.25, 0.3) is 0 Å². The van der Waals surface area contributed by atoms with Gasteiger partial charge in [-0.1, -0.05) is 109 Å². The van der Waals surface area contributed by atoms with Gasteiger partial charge in [0.2, 0.25) is 0 Å². The van der Waals surface area contributed by atoms with Gasteiger partial charge in [0.05, 0.1) is 12.2 Å². The van der Waals surface area contributed by atoms with E-state index in [0.717, 1.165) is 44.2 Å². The molecule has 0 radical (unpaired) electrons. The molecular weight excluding hydrogens is 478 g/mol. The highest BCUT2D eigenvalue weighted by Gasteiger charge is 2.29. The van der Waals surface area contributed by atoms with Gasteiger partial charge >= 0.3 is 12.2 Å². The summed E-state index contributed by atoms with van der Waals surface area (Å²) in [6.45, 7) is 3.28. The molecule has 0 aliphatic heterocycles. The molecule has 0 aromatic carbocycles. The maximum Gasteiger partial charge on any atom is 0.407 e. The van der Waals surface area contributed by atoms with Crippen LogP contribution in [-0.4, -0.2) is 36.4 Å². The number of carbonyl (C=O) groups excluding carboxylic acids is 2. The first-order valence-electron chi connectivity index (χ1n) is 15.4. The number of unbranched alkanes of at least 4 members (excludes halogenated alkanes) is 13. The van der Waals surface area contributed by atoms with Crippen molar-refractivity contribution in [3.63, 3.8) is 0 Å². The standard InChI is InChI=1S/C31H53N3O4/c1-2-3-4-5-6-7-8-9-10-11-12-13-14-18-24-33-30(35)37-26-29(27-20-15-16-21-27)38-31(36)34-25-28-22-17-19-23-32-28/h17,19,22-23,27,29H,2-16,18,20-21,24-26H2,1H3,(H,33,35)(H,34,36). The average Bonchev–Trinajstić information content (AvgIpc) is 3.47. The quantitative estimate of drug-likeness (QED) is 0.157. The lowest BCUT2D eigenvalue weighted by molar-refractivity contribution is 0.0144. The van der Waals surface area contributed by atoms with E-state index in [1.807, 2.05) is 18.2 Å². The molecule has 7 heteroatoms. The van der Waals surface area contributed by atoms with Crippen molar-refractivity contribution in [2.24, 2.45) is 5.92 Å². The van der Waals surface area contributed by atoms with Gasteiger partial charge in [-0.05, 0) is 37.3 Å². The number of pyridine rings is 1. The molecule has 1 unspecified atom stereocenters. The fourth-order valence-corrected chi connectivity index (χ4v) is 5.16. The number of amides is 2. The second-order valence-corrected chi connectivity index (χ2v) is 10.8. The number of nitrogens with one attached hydrogen (secondary N) is 2. The Balaban J connectivity index is 1.47. The predicted octanol–water partition coefficient (Wildman–Crippen LogP) is 8.07. The first-order valence-corrected chi connectivity index (χ1v) is 15.4. The van der Waals surface area contributed by atoms with Crippen LogP contribution in [0.15, 0.2) is 24.4 Å². The Hall–Kier alpha value is -2.31. The lowest BCUT2D eigenvalue weighted by atomic mass is 10.0. The molecule has 1 saturated carbocycles. The Morgan fingerprint density at radius 2 is 1.45 bits per heavy atom. The zero-order valence-corrected chi connectivity index (χ0v) is 23.9. The van der Waals surface area contributed by atoms with Gasteiger partial charge in [-0.3, -0.25) is 4.98 Å². The van der Waals surface area contributed by atoms with Crippen LogP contribution in [-0.2, 0) is 16.0 Å². The van der Waals surface area contributed by atoms with Crippen molar-refractivity contribution in [3.05, 3.63) is 30.1 Å². The van der Waals surface area contributed by atoms with Crippen molar-refractivity contribution in [3.8, 4) is 0 Å². The second kappa shape index (κ2) is 21.6. The van der Waals surface area contributed by atoms with Crippen molar-refractivity contribution >= 4 is 12.2 Å². The molecule has 0 bridgehead atoms. The van der Waals surface area contributed by atoms with E-state index in [1.165, 1.54) is 77.0 Å². The Morgan fingerprint density at radius 3 is 2.03 bits per heavy atom. The molecule has 2 N–H and O–H groups in total. The van der Waals surface area contributed by atoms with E-state index in [4.69, 9.17) is 9.47 Å². The molecule has 2 amide bonds. The summed E-state index contributed by atoms with van der Waals surface area (Å²) >= 11 is 0. The summed E-state index contributed by atoms with van der Waals surface area (Å²) in [5.74, 6) is 0.231. The molecule has 1 aliphatic rings. The van der Waals surface area contributed by atoms with Crippen molar-refractivity contribution in [1.82, 2.24) is 15.6 Å². The minimum atomic E-state index is -0.501. The smallest absolute Gasteiger partial charge is 0.407 e. The van der Waals surface area contributed by atoms with E-state index in [2.05, 4.69) is 22.5 Å². The van der Waals surface area contributed by atoms with Crippen LogP contribution in [0.1, 0.15) is 128 Å². The average molecular weight is 532 g/mol. The molecule has 0 spiro atoms. The zero-order chi connectivity index (χ0) is 27.1. The number of nitrogens with zero attached hydrogens (tertiary/aromatic N) is 1. The van der Waals surface area contributed by atoms with Crippen LogP contribution in [0.2, 0.25) is 0 Å². The normalized spacial score (nSPS) is 14.2. The summed E-state index contributed by atoms with van der Waals surface area (Å²) in [5.41, 5.74) is 0.765. The lowest BCUT2D eigenvalue weighted by Crippen LogP contribution is -2.37. The summed E-state index contributed by atoms with van der Waals surface area (Å²) < 4.78 is 11.1. The molecule has 1 aromatic rings. The molecular formula is C31H53N3O4. The summed E-state index contributed by atoms with van der Waals surface area (Å²) in [4.78, 5) is 28.7. The zero-order valence-electron chi connectivity index (χ0n) is 23.9. The van der Waals surface area contributed by atoms with Crippen molar-refractivity contribution < 1.29 is 19.1 Å². The number of hydrogen-bond acceptors (Lipinski definition) is 5. The first-order chi connectivity index (χ1) is 18.7. The van der Waals surface area contributed by atoms with E-state index >= 15 is 0 Å². The maximum absolute atomic E-state index is 12.3. The SMILES string of the molecule is CCCCCCCCCCCCCCCCNC(=O)OCC(OC(=O)NCc1ccccn1)C1CCCC1. The summed E-state index contributed by atoms with van der Waals surface area (Å²) in [5, 5.41) is 5.59.